The van der Waals surface area contributed by atoms with Gasteiger partial charge in [-0.25, -0.2) is 4.98 Å². The van der Waals surface area contributed by atoms with Crippen LogP contribution in [0.1, 0.15) is 18.1 Å². The Labute approximate surface area is 187 Å². The molecule has 0 bridgehead atoms. The number of hydrogen-bond donors (Lipinski definition) is 1. The van der Waals surface area contributed by atoms with Crippen molar-refractivity contribution in [1.29, 1.82) is 0 Å². The maximum Gasteiger partial charge on any atom is 0.313 e. The number of hydrazone groups is 1. The van der Waals surface area contributed by atoms with Gasteiger partial charge in [0.2, 0.25) is 5.82 Å². The Kier molecular flexibility index (Phi) is 7.55. The average molecular weight is 518 g/mol. The minimum Gasteiger partial charge on any atom is -0.490 e. The van der Waals surface area contributed by atoms with Gasteiger partial charge in [0.25, 0.3) is 0 Å². The van der Waals surface area contributed by atoms with Crippen LogP contribution in [0.5, 0.6) is 11.5 Å². The van der Waals surface area contributed by atoms with E-state index in [2.05, 4.69) is 38.1 Å². The van der Waals surface area contributed by atoms with Crippen molar-refractivity contribution in [3.8, 4) is 11.5 Å². The number of benzene rings is 2. The summed E-state index contributed by atoms with van der Waals surface area (Å²) in [6.45, 7) is 2.81. The minimum atomic E-state index is -0.516. The lowest BCUT2D eigenvalue weighted by atomic mass is 10.2. The molecule has 154 valence electrons. The van der Waals surface area contributed by atoms with Gasteiger partial charge in [-0.15, -0.1) is 0 Å². The first kappa shape index (κ1) is 21.5. The molecule has 1 N–H and O–H groups in total. The quantitative estimate of drug-likeness (QED) is 0.185. The Bertz CT molecular complexity index is 1040. The second-order valence-corrected chi connectivity index (χ2v) is 7.30. The highest BCUT2D eigenvalue weighted by atomic mass is 127. The Morgan fingerprint density at radius 1 is 1.17 bits per heavy atom. The molecule has 0 radical (unpaired) electrons. The fourth-order valence-corrected chi connectivity index (χ4v) is 2.89. The number of anilines is 1. The first-order valence-electron chi connectivity index (χ1n) is 9.09. The zero-order chi connectivity index (χ0) is 21.3. The molecule has 0 aliphatic rings. The van der Waals surface area contributed by atoms with E-state index in [0.717, 1.165) is 11.1 Å². The van der Waals surface area contributed by atoms with Gasteiger partial charge < -0.3 is 9.47 Å². The molecule has 0 unspecified atom stereocenters. The number of halogens is 1. The lowest BCUT2D eigenvalue weighted by molar-refractivity contribution is -0.384. The molecule has 0 aliphatic heterocycles. The standard InChI is InChI=1S/C21H19IN4O4/c1-2-29-20-12-16(13-24-25-21-18(26(27)28)4-3-11-23-21)7-10-19(20)30-14-15-5-8-17(22)9-6-15/h3-13H,2,14H2,1H3,(H,23,25)/b24-13-. The van der Waals surface area contributed by atoms with Gasteiger partial charge in [0.15, 0.2) is 11.5 Å². The molecule has 3 rings (SSSR count). The number of pyridine rings is 1. The molecule has 0 saturated carbocycles. The summed E-state index contributed by atoms with van der Waals surface area (Å²) in [4.78, 5) is 14.5. The molecule has 8 nitrogen and oxygen atoms in total. The molecule has 0 atom stereocenters. The van der Waals surface area contributed by atoms with Crippen LogP contribution in [0.25, 0.3) is 0 Å². The summed E-state index contributed by atoms with van der Waals surface area (Å²) < 4.78 is 12.8. The van der Waals surface area contributed by atoms with Crippen LogP contribution in [0, 0.1) is 13.7 Å². The minimum absolute atomic E-state index is 0.0706. The highest BCUT2D eigenvalue weighted by Gasteiger charge is 2.13. The molecular formula is C21H19IN4O4. The van der Waals surface area contributed by atoms with Crippen molar-refractivity contribution in [1.82, 2.24) is 4.98 Å². The van der Waals surface area contributed by atoms with Crippen molar-refractivity contribution in [2.75, 3.05) is 12.0 Å². The van der Waals surface area contributed by atoms with Crippen molar-refractivity contribution in [2.24, 2.45) is 5.10 Å². The van der Waals surface area contributed by atoms with Gasteiger partial charge in [-0.3, -0.25) is 15.5 Å². The van der Waals surface area contributed by atoms with Crippen LogP contribution >= 0.6 is 22.6 Å². The van der Waals surface area contributed by atoms with Gasteiger partial charge in [0.05, 0.1) is 17.7 Å². The van der Waals surface area contributed by atoms with Crippen molar-refractivity contribution >= 4 is 40.3 Å². The van der Waals surface area contributed by atoms with Gasteiger partial charge in [-0.05, 0) is 77.0 Å². The second kappa shape index (κ2) is 10.5. The molecule has 30 heavy (non-hydrogen) atoms. The molecule has 2 aromatic carbocycles. The van der Waals surface area contributed by atoms with Gasteiger partial charge in [0.1, 0.15) is 6.61 Å². The summed E-state index contributed by atoms with van der Waals surface area (Å²) in [6.07, 6.45) is 2.99. The first-order valence-corrected chi connectivity index (χ1v) is 10.2. The molecule has 1 aromatic heterocycles. The monoisotopic (exact) mass is 518 g/mol. The molecule has 1 heterocycles. The van der Waals surface area contributed by atoms with E-state index < -0.39 is 4.92 Å². The van der Waals surface area contributed by atoms with Crippen LogP contribution in [-0.4, -0.2) is 22.7 Å². The van der Waals surface area contributed by atoms with Gasteiger partial charge in [-0.2, -0.15) is 5.10 Å². The van der Waals surface area contributed by atoms with Crippen molar-refractivity contribution in [3.63, 3.8) is 0 Å². The molecule has 0 spiro atoms. The number of aromatic nitrogens is 1. The van der Waals surface area contributed by atoms with E-state index in [0.29, 0.717) is 24.7 Å². The van der Waals surface area contributed by atoms with E-state index in [1.807, 2.05) is 43.3 Å². The van der Waals surface area contributed by atoms with E-state index in [1.54, 1.807) is 6.07 Å². The van der Waals surface area contributed by atoms with Crippen LogP contribution in [-0.2, 0) is 6.61 Å². The molecule has 0 aliphatic carbocycles. The SMILES string of the molecule is CCOc1cc(/C=N\Nc2ncccc2[N+](=O)[O-])ccc1OCc1ccc(I)cc1. The second-order valence-electron chi connectivity index (χ2n) is 6.05. The lowest BCUT2D eigenvalue weighted by Crippen LogP contribution is -2.01. The molecule has 9 heteroatoms. The zero-order valence-corrected chi connectivity index (χ0v) is 18.3. The van der Waals surface area contributed by atoms with Crippen LogP contribution in [0.4, 0.5) is 11.5 Å². The molecular weight excluding hydrogens is 499 g/mol. The van der Waals surface area contributed by atoms with Crippen molar-refractivity contribution in [2.45, 2.75) is 13.5 Å². The summed E-state index contributed by atoms with van der Waals surface area (Å²) in [7, 11) is 0. The maximum absolute atomic E-state index is 11.0. The predicted molar refractivity (Wildman–Crippen MR) is 123 cm³/mol. The highest BCUT2D eigenvalue weighted by Crippen LogP contribution is 2.29. The maximum atomic E-state index is 11.0. The summed E-state index contributed by atoms with van der Waals surface area (Å²) in [5.41, 5.74) is 4.26. The van der Waals surface area contributed by atoms with E-state index in [1.165, 1.54) is 28.1 Å². The Hall–Kier alpha value is -3.21. The number of ether oxygens (including phenoxy) is 2. The third kappa shape index (κ3) is 5.89. The predicted octanol–water partition coefficient (Wildman–Crippen LogP) is 5.02. The highest BCUT2D eigenvalue weighted by molar-refractivity contribution is 14.1. The van der Waals surface area contributed by atoms with E-state index in [4.69, 9.17) is 9.47 Å². The van der Waals surface area contributed by atoms with Crippen LogP contribution in [0.2, 0.25) is 0 Å². The third-order valence-electron chi connectivity index (χ3n) is 3.94. The lowest BCUT2D eigenvalue weighted by Gasteiger charge is -2.12. The molecule has 3 aromatic rings. The van der Waals surface area contributed by atoms with E-state index in [9.17, 15) is 10.1 Å². The third-order valence-corrected chi connectivity index (χ3v) is 4.66. The normalized spacial score (nSPS) is 10.7. The topological polar surface area (TPSA) is 98.9 Å². The average Bonchev–Trinajstić information content (AvgIpc) is 2.75. The van der Waals surface area contributed by atoms with Crippen molar-refractivity contribution in [3.05, 3.63) is 85.6 Å². The van der Waals surface area contributed by atoms with Crippen LogP contribution < -0.4 is 14.9 Å². The number of nitrogens with zero attached hydrogens (tertiary/aromatic N) is 3. The largest absolute Gasteiger partial charge is 0.490 e. The fraction of sp³-hybridized carbons (Fsp3) is 0.143. The number of nitro groups is 1. The van der Waals surface area contributed by atoms with E-state index in [-0.39, 0.29) is 11.5 Å². The van der Waals surface area contributed by atoms with Crippen LogP contribution in [0.15, 0.2) is 65.9 Å². The van der Waals surface area contributed by atoms with E-state index >= 15 is 0 Å². The van der Waals surface area contributed by atoms with Gasteiger partial charge >= 0.3 is 5.69 Å². The fourth-order valence-electron chi connectivity index (χ4n) is 2.53. The van der Waals surface area contributed by atoms with Crippen LogP contribution in [0.3, 0.4) is 0 Å². The summed E-state index contributed by atoms with van der Waals surface area (Å²) in [6, 6.07) is 16.4. The molecule has 0 saturated heterocycles. The summed E-state index contributed by atoms with van der Waals surface area (Å²) >= 11 is 2.26. The summed E-state index contributed by atoms with van der Waals surface area (Å²) in [5.74, 6) is 1.29. The molecule has 0 amide bonds. The zero-order valence-electron chi connectivity index (χ0n) is 16.1. The Morgan fingerprint density at radius 2 is 1.97 bits per heavy atom. The Morgan fingerprint density at radius 3 is 2.70 bits per heavy atom. The van der Waals surface area contributed by atoms with Gasteiger partial charge in [-0.1, -0.05) is 12.1 Å². The first-order chi connectivity index (χ1) is 14.6. The molecule has 0 fully saturated rings. The Balaban J connectivity index is 1.70. The smallest absolute Gasteiger partial charge is 0.313 e. The number of rotatable bonds is 9. The van der Waals surface area contributed by atoms with Gasteiger partial charge in [0, 0.05) is 15.8 Å². The summed E-state index contributed by atoms with van der Waals surface area (Å²) in [5, 5.41) is 15.1. The number of nitrogens with one attached hydrogen (secondary N) is 1. The van der Waals surface area contributed by atoms with Crippen molar-refractivity contribution < 1.29 is 14.4 Å². The number of hydrogen-bond acceptors (Lipinski definition) is 7.